The first-order chi connectivity index (χ1) is 6.93. The maximum Gasteiger partial charge on any atom is 0.197 e. The molecule has 1 aliphatic rings. The summed E-state index contributed by atoms with van der Waals surface area (Å²) in [6.45, 7) is 0. The van der Waals surface area contributed by atoms with E-state index in [0.29, 0.717) is 6.10 Å². The molecular weight excluding hydrogens is 178 g/mol. The van der Waals surface area contributed by atoms with Crippen molar-refractivity contribution in [3.8, 4) is 5.75 Å². The number of ether oxygens (including phenoxy) is 1. The molecule has 0 unspecified atom stereocenters. The second-order valence-electron chi connectivity index (χ2n) is 3.57. The molecule has 0 aliphatic heterocycles. The van der Waals surface area contributed by atoms with Crippen molar-refractivity contribution in [3.05, 3.63) is 24.7 Å². The molecule has 4 nitrogen and oxygen atoms in total. The largest absolute Gasteiger partial charge is 0.485 e. The lowest BCUT2D eigenvalue weighted by molar-refractivity contribution is 0.122. The van der Waals surface area contributed by atoms with Crippen LogP contribution < -0.4 is 4.74 Å². The van der Waals surface area contributed by atoms with Crippen molar-refractivity contribution in [1.29, 1.82) is 0 Å². The number of fused-ring (bicyclic) bond motifs is 1. The van der Waals surface area contributed by atoms with E-state index in [0.717, 1.165) is 24.2 Å². The average molecular weight is 189 g/mol. The summed E-state index contributed by atoms with van der Waals surface area (Å²) in [5, 5.41) is 4.16. The first-order valence-corrected chi connectivity index (χ1v) is 4.88. The van der Waals surface area contributed by atoms with Gasteiger partial charge in [0.05, 0.1) is 12.3 Å². The van der Waals surface area contributed by atoms with Crippen LogP contribution in [-0.4, -0.2) is 20.7 Å². The summed E-state index contributed by atoms with van der Waals surface area (Å²) in [5.74, 6) is 0.801. The van der Waals surface area contributed by atoms with Crippen LogP contribution in [0, 0.1) is 0 Å². The van der Waals surface area contributed by atoms with Crippen molar-refractivity contribution in [2.75, 3.05) is 0 Å². The van der Waals surface area contributed by atoms with E-state index in [1.165, 1.54) is 6.42 Å². The fraction of sp³-hybridized carbons (Fsp3) is 0.400. The number of aromatic nitrogens is 3. The molecule has 0 aromatic carbocycles. The minimum Gasteiger partial charge on any atom is -0.485 e. The summed E-state index contributed by atoms with van der Waals surface area (Å²) in [7, 11) is 0. The van der Waals surface area contributed by atoms with Gasteiger partial charge in [-0.1, -0.05) is 0 Å². The van der Waals surface area contributed by atoms with Crippen LogP contribution in [0.4, 0.5) is 0 Å². The highest BCUT2D eigenvalue weighted by atomic mass is 16.5. The van der Waals surface area contributed by atoms with Crippen molar-refractivity contribution >= 4 is 5.65 Å². The monoisotopic (exact) mass is 189 g/mol. The van der Waals surface area contributed by atoms with E-state index in [2.05, 4.69) is 10.1 Å². The topological polar surface area (TPSA) is 39.4 Å². The number of rotatable bonds is 2. The van der Waals surface area contributed by atoms with Gasteiger partial charge in [0.2, 0.25) is 0 Å². The van der Waals surface area contributed by atoms with E-state index >= 15 is 0 Å². The second kappa shape index (κ2) is 2.97. The van der Waals surface area contributed by atoms with Gasteiger partial charge >= 0.3 is 0 Å². The second-order valence-corrected chi connectivity index (χ2v) is 3.57. The quantitative estimate of drug-likeness (QED) is 0.721. The van der Waals surface area contributed by atoms with Gasteiger partial charge in [0.25, 0.3) is 0 Å². The Kier molecular flexibility index (Phi) is 1.65. The molecule has 14 heavy (non-hydrogen) atoms. The molecule has 2 aromatic rings. The van der Waals surface area contributed by atoms with Gasteiger partial charge in [0, 0.05) is 12.4 Å². The Morgan fingerprint density at radius 1 is 1.43 bits per heavy atom. The maximum atomic E-state index is 5.76. The van der Waals surface area contributed by atoms with Gasteiger partial charge in [-0.05, 0) is 25.3 Å². The minimum absolute atomic E-state index is 0.380. The lowest BCUT2D eigenvalue weighted by Gasteiger charge is -2.25. The summed E-state index contributed by atoms with van der Waals surface area (Å²) < 4.78 is 7.49. The lowest BCUT2D eigenvalue weighted by atomic mass is 9.96. The van der Waals surface area contributed by atoms with Crippen LogP contribution in [0.3, 0.4) is 0 Å². The van der Waals surface area contributed by atoms with Crippen molar-refractivity contribution in [2.45, 2.75) is 25.4 Å². The van der Waals surface area contributed by atoms with E-state index in [1.54, 1.807) is 16.9 Å². The number of nitrogens with zero attached hydrogens (tertiary/aromatic N) is 3. The molecule has 0 saturated heterocycles. The molecule has 0 bridgehead atoms. The molecule has 2 aromatic heterocycles. The molecule has 2 heterocycles. The Hall–Kier alpha value is -1.58. The Labute approximate surface area is 81.5 Å². The molecular formula is C10H11N3O. The summed E-state index contributed by atoms with van der Waals surface area (Å²) in [5.41, 5.74) is 0.805. The van der Waals surface area contributed by atoms with E-state index in [-0.39, 0.29) is 0 Å². The molecule has 72 valence electrons. The lowest BCUT2D eigenvalue weighted by Crippen LogP contribution is -2.24. The van der Waals surface area contributed by atoms with Gasteiger partial charge in [-0.3, -0.25) is 0 Å². The number of hydrogen-bond donors (Lipinski definition) is 0. The first kappa shape index (κ1) is 7.79. The van der Waals surface area contributed by atoms with Crippen LogP contribution in [0.2, 0.25) is 0 Å². The van der Waals surface area contributed by atoms with Gasteiger partial charge in [-0.15, -0.1) is 0 Å². The van der Waals surface area contributed by atoms with Gasteiger partial charge in [0.15, 0.2) is 11.4 Å². The average Bonchev–Trinajstić information content (AvgIpc) is 2.55. The molecule has 0 radical (unpaired) electrons. The van der Waals surface area contributed by atoms with Crippen LogP contribution >= 0.6 is 0 Å². The zero-order valence-electron chi connectivity index (χ0n) is 7.76. The van der Waals surface area contributed by atoms with E-state index < -0.39 is 0 Å². The summed E-state index contributed by atoms with van der Waals surface area (Å²) >= 11 is 0. The third-order valence-corrected chi connectivity index (χ3v) is 2.59. The van der Waals surface area contributed by atoms with E-state index in [4.69, 9.17) is 4.74 Å². The molecule has 1 saturated carbocycles. The zero-order valence-corrected chi connectivity index (χ0v) is 7.76. The molecule has 1 fully saturated rings. The van der Waals surface area contributed by atoms with Gasteiger partial charge in [-0.2, -0.15) is 5.10 Å². The van der Waals surface area contributed by atoms with Gasteiger partial charge in [-0.25, -0.2) is 9.50 Å². The molecule has 4 heteroatoms. The number of hydrogen-bond acceptors (Lipinski definition) is 3. The predicted octanol–water partition coefficient (Wildman–Crippen LogP) is 1.66. The minimum atomic E-state index is 0.380. The fourth-order valence-corrected chi connectivity index (χ4v) is 1.56. The van der Waals surface area contributed by atoms with Crippen molar-refractivity contribution in [2.24, 2.45) is 0 Å². The third-order valence-electron chi connectivity index (χ3n) is 2.59. The van der Waals surface area contributed by atoms with Crippen molar-refractivity contribution in [3.63, 3.8) is 0 Å². The Morgan fingerprint density at radius 3 is 3.14 bits per heavy atom. The van der Waals surface area contributed by atoms with Crippen molar-refractivity contribution < 1.29 is 4.74 Å². The van der Waals surface area contributed by atoms with Crippen LogP contribution in [0.15, 0.2) is 24.7 Å². The van der Waals surface area contributed by atoms with Crippen LogP contribution in [0.1, 0.15) is 19.3 Å². The zero-order chi connectivity index (χ0) is 9.38. The highest BCUT2D eigenvalue weighted by Gasteiger charge is 2.20. The SMILES string of the molecule is c1cnc2c(OC3CCC3)cnn2c1. The van der Waals surface area contributed by atoms with Crippen LogP contribution in [-0.2, 0) is 0 Å². The van der Waals surface area contributed by atoms with Crippen molar-refractivity contribution in [1.82, 2.24) is 14.6 Å². The molecule has 0 amide bonds. The smallest absolute Gasteiger partial charge is 0.197 e. The summed E-state index contributed by atoms with van der Waals surface area (Å²) in [6.07, 6.45) is 9.33. The highest BCUT2D eigenvalue weighted by Crippen LogP contribution is 2.26. The Bertz CT molecular complexity index is 447. The Morgan fingerprint density at radius 2 is 2.36 bits per heavy atom. The first-order valence-electron chi connectivity index (χ1n) is 4.88. The summed E-state index contributed by atoms with van der Waals surface area (Å²) in [6, 6.07) is 1.85. The highest BCUT2D eigenvalue weighted by molar-refractivity contribution is 5.51. The molecule has 3 rings (SSSR count). The van der Waals surface area contributed by atoms with E-state index in [9.17, 15) is 0 Å². The van der Waals surface area contributed by atoms with Gasteiger partial charge in [0.1, 0.15) is 0 Å². The standard InChI is InChI=1S/C10H11N3O/c1-3-8(4-1)14-9-7-12-13-6-2-5-11-10(9)13/h2,5-8H,1,3-4H2. The third kappa shape index (κ3) is 1.14. The summed E-state index contributed by atoms with van der Waals surface area (Å²) in [4.78, 5) is 4.23. The molecule has 1 aliphatic carbocycles. The van der Waals surface area contributed by atoms with Crippen LogP contribution in [0.5, 0.6) is 5.75 Å². The van der Waals surface area contributed by atoms with Gasteiger partial charge < -0.3 is 4.74 Å². The Balaban J connectivity index is 1.95. The fourth-order valence-electron chi connectivity index (χ4n) is 1.56. The maximum absolute atomic E-state index is 5.76. The molecule has 0 N–H and O–H groups in total. The predicted molar refractivity (Wildman–Crippen MR) is 51.3 cm³/mol. The molecule has 0 spiro atoms. The molecule has 0 atom stereocenters. The van der Waals surface area contributed by atoms with Crippen LogP contribution in [0.25, 0.3) is 5.65 Å². The normalized spacial score (nSPS) is 16.9. The van der Waals surface area contributed by atoms with E-state index in [1.807, 2.05) is 12.3 Å².